The lowest BCUT2D eigenvalue weighted by molar-refractivity contribution is -0.318. The van der Waals surface area contributed by atoms with Gasteiger partial charge in [0.2, 0.25) is 0 Å². The molecule has 76 heavy (non-hydrogen) atoms. The molecule has 438 valence electrons. The summed E-state index contributed by atoms with van der Waals surface area (Å²) >= 11 is 1.79. The zero-order valence-corrected chi connectivity index (χ0v) is 48.9. The maximum Gasteiger partial charge on any atom is 0.311 e. The van der Waals surface area contributed by atoms with Gasteiger partial charge in [0.15, 0.2) is 12.6 Å². The number of carbonyl (C=O) groups is 1. The highest BCUT2D eigenvalue weighted by Gasteiger charge is 2.53. The van der Waals surface area contributed by atoms with Crippen molar-refractivity contribution in [2.24, 2.45) is 17.8 Å². The Morgan fingerprint density at radius 2 is 1.68 bits per heavy atom. The summed E-state index contributed by atoms with van der Waals surface area (Å²) in [6.07, 6.45) is -5.42. The van der Waals surface area contributed by atoms with Gasteiger partial charge in [0, 0.05) is 88.9 Å². The Labute approximate surface area is 457 Å². The number of hydrazine groups is 2. The van der Waals surface area contributed by atoms with Gasteiger partial charge in [-0.05, 0) is 105 Å². The Hall–Kier alpha value is -2.29. The Kier molecular flexibility index (Phi) is 24.1. The molecular weight excluding hydrogens is 1000 g/mol. The Morgan fingerprint density at radius 1 is 1.00 bits per heavy atom. The number of carbonyl (C=O) groups excluding carboxylic acids is 1. The van der Waals surface area contributed by atoms with Crippen LogP contribution in [-0.2, 0) is 44.5 Å². The summed E-state index contributed by atoms with van der Waals surface area (Å²) in [6.45, 7) is 19.4. The highest BCUT2D eigenvalue weighted by Crippen LogP contribution is 2.40. The van der Waals surface area contributed by atoms with Crippen LogP contribution in [0.1, 0.15) is 119 Å². The van der Waals surface area contributed by atoms with Gasteiger partial charge in [-0.15, -0.1) is 5.53 Å². The molecule has 5 rings (SSSR count). The second-order valence-electron chi connectivity index (χ2n) is 23.0. The minimum absolute atomic E-state index is 0.0911. The monoisotopic (exact) mass is 1100 g/mol. The zero-order chi connectivity index (χ0) is 56.4. The third kappa shape index (κ3) is 15.8. The molecule has 0 radical (unpaired) electrons. The number of nitrogens with one attached hydrogen (secondary N) is 3. The number of thioether (sulfide) groups is 1. The predicted molar refractivity (Wildman–Crippen MR) is 290 cm³/mol. The molecule has 3 saturated heterocycles. The number of hydrogen-bond donors (Lipinski definition) is 8. The summed E-state index contributed by atoms with van der Waals surface area (Å²) < 4.78 is 59.2. The number of halogens is 1. The number of benzene rings is 1. The van der Waals surface area contributed by atoms with Gasteiger partial charge in [-0.1, -0.05) is 45.0 Å². The summed E-state index contributed by atoms with van der Waals surface area (Å²) in [7, 11) is 6.84. The molecule has 19 nitrogen and oxygen atoms in total. The molecule has 3 fully saturated rings. The predicted octanol–water partition coefficient (Wildman–Crippen LogP) is 4.01. The van der Waals surface area contributed by atoms with E-state index in [1.807, 2.05) is 75.1 Å². The Morgan fingerprint density at radius 3 is 2.30 bits per heavy atom. The van der Waals surface area contributed by atoms with Crippen LogP contribution < -0.4 is 16.3 Å². The normalized spacial score (nSPS) is 39.4. The standard InChI is InChI=1S/C55H97FN6O13S/c1-16-43-55(10,68)48(64)36(6)61(12)30-32(2)26-53(8,67)50(34(4)46(35(5)51(66)73-43)74-44-27-54(9,70-14)49(65)37(7)72-44)75-52-45(63)41(25-33(3)71-52)60(11)23-21-40-31-62(59-58-40)42(28-56)47(69-13)39-19-17-38(18-20-39)29-57-22-24-76-15/h17-20,31-37,41-50,52,57-59,63-65,67-68H,16,21-30H2,1-15H3/t32-,33-,34+,35-,36-,37+,41+,42-,43-,44+,45-,46+,47-,48-,49+,50-,52+,53-,54-,55-/m1/s1. The van der Waals surface area contributed by atoms with Crippen LogP contribution in [0.15, 0.2) is 36.2 Å². The first-order valence-electron chi connectivity index (χ1n) is 27.4. The Balaban J connectivity index is 1.40. The smallest absolute Gasteiger partial charge is 0.311 e. The molecule has 21 heteroatoms. The molecule has 0 amide bonds. The third-order valence-electron chi connectivity index (χ3n) is 16.7. The van der Waals surface area contributed by atoms with Gasteiger partial charge in [-0.3, -0.25) is 9.80 Å². The Bertz CT molecular complexity index is 1970. The number of methoxy groups -OCH3 is 2. The van der Waals surface area contributed by atoms with E-state index in [-0.39, 0.29) is 31.3 Å². The number of esters is 1. The molecule has 4 aliphatic rings. The van der Waals surface area contributed by atoms with Crippen LogP contribution in [0.2, 0.25) is 0 Å². The SMILES string of the molecule is CC[C@H]1OC(=O)[C@H](C)[C@@H](O[C@H]2C[C@@](C)(OC)[C@@H](O)[C@H](C)O2)[C@H](C)[C@@H](O[C@@H]2O[C@H](C)C[C@H](N(C)CCC3=CN([C@H](CF)[C@H](OC)c4ccc(CNCCSC)cc4)NN3)[C@H]2O)[C@](C)(O)C[C@@H](C)CN(C)[C@H](C)[C@@H](O)[C@]1(C)O. The number of aliphatic hydroxyl groups is 5. The number of ether oxygens (including phenoxy) is 7. The molecule has 20 atom stereocenters. The lowest BCUT2D eigenvalue weighted by Crippen LogP contribution is -2.61. The van der Waals surface area contributed by atoms with Gasteiger partial charge < -0.3 is 79.2 Å². The van der Waals surface area contributed by atoms with Gasteiger partial charge in [0.05, 0.1) is 41.5 Å². The van der Waals surface area contributed by atoms with Gasteiger partial charge in [0.1, 0.15) is 48.8 Å². The van der Waals surface area contributed by atoms with Crippen molar-refractivity contribution in [2.45, 2.75) is 210 Å². The van der Waals surface area contributed by atoms with Crippen LogP contribution in [0.3, 0.4) is 0 Å². The number of cyclic esters (lactones) is 1. The van der Waals surface area contributed by atoms with E-state index in [9.17, 15) is 34.7 Å². The van der Waals surface area contributed by atoms with Gasteiger partial charge >= 0.3 is 5.97 Å². The number of alkyl halides is 1. The van der Waals surface area contributed by atoms with Crippen molar-refractivity contribution < 1.29 is 67.9 Å². The van der Waals surface area contributed by atoms with Gasteiger partial charge in [0.25, 0.3) is 0 Å². The molecule has 1 aromatic carbocycles. The average molecular weight is 1100 g/mol. The highest BCUT2D eigenvalue weighted by atomic mass is 32.2. The molecule has 1 aromatic rings. The molecule has 8 N–H and O–H groups in total. The lowest BCUT2D eigenvalue weighted by atomic mass is 9.77. The zero-order valence-electron chi connectivity index (χ0n) is 48.1. The summed E-state index contributed by atoms with van der Waals surface area (Å²) in [5.41, 5.74) is 4.54. The fourth-order valence-electron chi connectivity index (χ4n) is 11.8. The molecule has 0 saturated carbocycles. The van der Waals surface area contributed by atoms with E-state index >= 15 is 0 Å². The van der Waals surface area contributed by atoms with Gasteiger partial charge in [-0.25, -0.2) is 4.39 Å². The van der Waals surface area contributed by atoms with Crippen LogP contribution in [-0.4, -0.2) is 209 Å². The topological polar surface area (TPSA) is 229 Å². The lowest BCUT2D eigenvalue weighted by Gasteiger charge is -2.49. The van der Waals surface area contributed by atoms with E-state index in [4.69, 9.17) is 33.2 Å². The molecule has 0 spiro atoms. The second kappa shape index (κ2) is 28.4. The van der Waals surface area contributed by atoms with Crippen LogP contribution in [0, 0.1) is 17.8 Å². The van der Waals surface area contributed by atoms with Crippen LogP contribution >= 0.6 is 11.8 Å². The molecule has 0 aliphatic carbocycles. The van der Waals surface area contributed by atoms with E-state index in [2.05, 4.69) is 22.5 Å². The van der Waals surface area contributed by atoms with Crippen molar-refractivity contribution in [3.05, 3.63) is 47.3 Å². The molecule has 0 bridgehead atoms. The van der Waals surface area contributed by atoms with Crippen molar-refractivity contribution in [3.8, 4) is 0 Å². The van der Waals surface area contributed by atoms with Crippen molar-refractivity contribution >= 4 is 17.7 Å². The minimum atomic E-state index is -1.85. The first-order chi connectivity index (χ1) is 35.8. The third-order valence-corrected chi connectivity index (χ3v) is 17.3. The molecule has 4 heterocycles. The molecule has 0 unspecified atom stereocenters. The minimum Gasteiger partial charge on any atom is -0.459 e. The fourth-order valence-corrected chi connectivity index (χ4v) is 12.2. The first-order valence-corrected chi connectivity index (χ1v) is 28.8. The number of likely N-dealkylation sites (N-methyl/N-ethyl adjacent to an activating group) is 2. The van der Waals surface area contributed by atoms with Crippen molar-refractivity contribution in [1.82, 2.24) is 31.1 Å². The summed E-state index contributed by atoms with van der Waals surface area (Å²) in [4.78, 5) is 18.5. The quantitative estimate of drug-likeness (QED) is 0.0682. The van der Waals surface area contributed by atoms with E-state index in [1.54, 1.807) is 65.4 Å². The summed E-state index contributed by atoms with van der Waals surface area (Å²) in [5, 5.41) is 65.1. The maximum absolute atomic E-state index is 14.9. The number of aliphatic hydroxyl groups excluding tert-OH is 3. The van der Waals surface area contributed by atoms with E-state index in [1.165, 1.54) is 14.0 Å². The molecular formula is C55H97FN6O13S. The first kappa shape index (κ1) is 64.5. The largest absolute Gasteiger partial charge is 0.459 e. The molecule has 4 aliphatic heterocycles. The highest BCUT2D eigenvalue weighted by molar-refractivity contribution is 7.98. The van der Waals surface area contributed by atoms with E-state index in [0.717, 1.165) is 35.7 Å². The summed E-state index contributed by atoms with van der Waals surface area (Å²) in [6, 6.07) is 6.32. The average Bonchev–Trinajstić information content (AvgIpc) is 3.85. The van der Waals surface area contributed by atoms with Crippen LogP contribution in [0.4, 0.5) is 4.39 Å². The summed E-state index contributed by atoms with van der Waals surface area (Å²) in [5.74, 6) is -1.81. The van der Waals surface area contributed by atoms with E-state index < -0.39 is 121 Å². The second-order valence-corrected chi connectivity index (χ2v) is 24.0. The molecule has 0 aromatic heterocycles. The van der Waals surface area contributed by atoms with E-state index in [0.29, 0.717) is 25.9 Å². The fraction of sp³-hybridized carbons (Fsp3) is 0.836. The van der Waals surface area contributed by atoms with Crippen LogP contribution in [0.5, 0.6) is 0 Å². The maximum atomic E-state index is 14.9. The number of hydrogen-bond acceptors (Lipinski definition) is 20. The van der Waals surface area contributed by atoms with Crippen LogP contribution in [0.25, 0.3) is 0 Å². The van der Waals surface area contributed by atoms with Crippen molar-refractivity contribution in [1.29, 1.82) is 0 Å². The van der Waals surface area contributed by atoms with Crippen molar-refractivity contribution in [3.63, 3.8) is 0 Å². The van der Waals surface area contributed by atoms with Gasteiger partial charge in [-0.2, -0.15) is 11.8 Å². The number of rotatable bonds is 20. The number of nitrogens with zero attached hydrogens (tertiary/aromatic N) is 3. The van der Waals surface area contributed by atoms with Crippen molar-refractivity contribution in [2.75, 3.05) is 66.6 Å².